The van der Waals surface area contributed by atoms with Crippen LogP contribution < -0.4 is 0 Å². The van der Waals surface area contributed by atoms with Gasteiger partial charge >= 0.3 is 0 Å². The second kappa shape index (κ2) is 16.3. The highest BCUT2D eigenvalue weighted by Crippen LogP contribution is 2.23. The summed E-state index contributed by atoms with van der Waals surface area (Å²) in [6.07, 6.45) is -9.57. The maximum absolute atomic E-state index is 9.56. The molecule has 4 unspecified atom stereocenters. The molecule has 0 aromatic carbocycles. The number of hydrogen-bond donors (Lipinski definition) is 9. The lowest BCUT2D eigenvalue weighted by Crippen LogP contribution is -2.58. The zero-order chi connectivity index (χ0) is 22.8. The molecular formula is C18H38O10S3. The number of thiol groups is 3. The summed E-state index contributed by atoms with van der Waals surface area (Å²) >= 11 is 11.9. The van der Waals surface area contributed by atoms with Crippen LogP contribution in [0.25, 0.3) is 0 Å². The molecule has 188 valence electrons. The summed E-state index contributed by atoms with van der Waals surface area (Å²) in [5.74, 6) is 0.985. The Bertz CT molecular complexity index is 422. The fourth-order valence-electron chi connectivity index (χ4n) is 2.81. The SMILES string of the molecule is C.CCCO[C@H]1OC(CS)[C@H](O)[C@H](O)C1O.OC1[C@H](OCCS)OC(CS)[C@H](O)[C@@H]1O. The molecule has 10 atom stereocenters. The Labute approximate surface area is 200 Å². The summed E-state index contributed by atoms with van der Waals surface area (Å²) in [4.78, 5) is 0. The van der Waals surface area contributed by atoms with Crippen molar-refractivity contribution in [3.8, 4) is 0 Å². The molecule has 2 heterocycles. The maximum Gasteiger partial charge on any atom is 0.186 e. The van der Waals surface area contributed by atoms with Gasteiger partial charge in [0, 0.05) is 23.9 Å². The summed E-state index contributed by atoms with van der Waals surface area (Å²) in [6, 6.07) is 0. The van der Waals surface area contributed by atoms with Gasteiger partial charge in [-0.25, -0.2) is 0 Å². The molecule has 2 aliphatic rings. The Morgan fingerprint density at radius 2 is 1.03 bits per heavy atom. The number of hydrogen-bond acceptors (Lipinski definition) is 13. The number of aliphatic hydroxyl groups excluding tert-OH is 6. The van der Waals surface area contributed by atoms with Crippen LogP contribution in [0.1, 0.15) is 20.8 Å². The first-order chi connectivity index (χ1) is 14.2. The molecule has 2 rings (SSSR count). The van der Waals surface area contributed by atoms with Crippen LogP contribution in [0.5, 0.6) is 0 Å². The average molecular weight is 511 g/mol. The van der Waals surface area contributed by atoms with Crippen molar-refractivity contribution in [1.82, 2.24) is 0 Å². The fourth-order valence-corrected chi connectivity index (χ4v) is 3.52. The van der Waals surface area contributed by atoms with Gasteiger partial charge in [-0.05, 0) is 6.42 Å². The lowest BCUT2D eigenvalue weighted by molar-refractivity contribution is -0.291. The van der Waals surface area contributed by atoms with E-state index in [9.17, 15) is 30.6 Å². The molecule has 0 aromatic rings. The van der Waals surface area contributed by atoms with Crippen molar-refractivity contribution in [3.63, 3.8) is 0 Å². The molecule has 2 saturated heterocycles. The molecular weight excluding hydrogens is 472 g/mol. The fraction of sp³-hybridized carbons (Fsp3) is 1.00. The van der Waals surface area contributed by atoms with Crippen LogP contribution in [0.4, 0.5) is 0 Å². The Morgan fingerprint density at radius 1 is 0.645 bits per heavy atom. The summed E-state index contributed by atoms with van der Waals surface area (Å²) < 4.78 is 20.9. The second-order valence-electron chi connectivity index (χ2n) is 6.86. The van der Waals surface area contributed by atoms with Crippen LogP contribution in [0.2, 0.25) is 0 Å². The van der Waals surface area contributed by atoms with Gasteiger partial charge in [-0.1, -0.05) is 14.4 Å². The lowest BCUT2D eigenvalue weighted by Gasteiger charge is -2.39. The van der Waals surface area contributed by atoms with E-state index >= 15 is 0 Å². The maximum atomic E-state index is 9.56. The smallest absolute Gasteiger partial charge is 0.186 e. The van der Waals surface area contributed by atoms with Gasteiger partial charge in [0.2, 0.25) is 0 Å². The quantitative estimate of drug-likeness (QED) is 0.175. The molecule has 0 saturated carbocycles. The third kappa shape index (κ3) is 9.08. The van der Waals surface area contributed by atoms with Gasteiger partial charge in [0.1, 0.15) is 36.6 Å². The molecule has 2 fully saturated rings. The van der Waals surface area contributed by atoms with Crippen molar-refractivity contribution in [2.45, 2.75) is 82.2 Å². The average Bonchev–Trinajstić information content (AvgIpc) is 2.75. The van der Waals surface area contributed by atoms with Crippen molar-refractivity contribution >= 4 is 37.9 Å². The van der Waals surface area contributed by atoms with E-state index in [4.69, 9.17) is 18.9 Å². The first kappa shape index (κ1) is 31.6. The monoisotopic (exact) mass is 510 g/mol. The van der Waals surface area contributed by atoms with E-state index < -0.39 is 61.4 Å². The van der Waals surface area contributed by atoms with Crippen molar-refractivity contribution in [2.24, 2.45) is 0 Å². The molecule has 0 amide bonds. The van der Waals surface area contributed by atoms with Crippen LogP contribution in [-0.2, 0) is 18.9 Å². The minimum atomic E-state index is -1.28. The predicted octanol–water partition coefficient (Wildman–Crippen LogP) is -1.54. The van der Waals surface area contributed by atoms with E-state index in [1.807, 2.05) is 6.92 Å². The molecule has 0 aromatic heterocycles. The van der Waals surface area contributed by atoms with Crippen LogP contribution in [0.3, 0.4) is 0 Å². The number of rotatable bonds is 8. The van der Waals surface area contributed by atoms with E-state index in [1.165, 1.54) is 0 Å². The largest absolute Gasteiger partial charge is 0.388 e. The van der Waals surface area contributed by atoms with Crippen molar-refractivity contribution < 1.29 is 49.6 Å². The first-order valence-electron chi connectivity index (χ1n) is 9.68. The molecule has 6 N–H and O–H groups in total. The summed E-state index contributed by atoms with van der Waals surface area (Å²) in [5.41, 5.74) is 0. The van der Waals surface area contributed by atoms with Gasteiger partial charge in [-0.2, -0.15) is 37.9 Å². The highest BCUT2D eigenvalue weighted by atomic mass is 32.1. The summed E-state index contributed by atoms with van der Waals surface area (Å²) in [6.45, 7) is 2.66. The summed E-state index contributed by atoms with van der Waals surface area (Å²) in [7, 11) is 0. The van der Waals surface area contributed by atoms with E-state index in [-0.39, 0.29) is 18.9 Å². The van der Waals surface area contributed by atoms with E-state index in [0.29, 0.717) is 19.0 Å². The Hall–Kier alpha value is 0.650. The highest BCUT2D eigenvalue weighted by molar-refractivity contribution is 7.80. The zero-order valence-electron chi connectivity index (χ0n) is 16.7. The second-order valence-corrected chi connectivity index (χ2v) is 8.04. The molecule has 0 aliphatic carbocycles. The van der Waals surface area contributed by atoms with Crippen LogP contribution in [-0.4, -0.2) is 123 Å². The van der Waals surface area contributed by atoms with Gasteiger partial charge in [0.25, 0.3) is 0 Å². The molecule has 0 bridgehead atoms. The third-order valence-corrected chi connectivity index (χ3v) is 5.46. The van der Waals surface area contributed by atoms with Gasteiger partial charge in [-0.15, -0.1) is 0 Å². The minimum absolute atomic E-state index is 0. The molecule has 31 heavy (non-hydrogen) atoms. The Balaban J connectivity index is 0.000000562. The minimum Gasteiger partial charge on any atom is -0.388 e. The van der Waals surface area contributed by atoms with Gasteiger partial charge in [-0.3, -0.25) is 0 Å². The molecule has 10 nitrogen and oxygen atoms in total. The topological polar surface area (TPSA) is 158 Å². The summed E-state index contributed by atoms with van der Waals surface area (Å²) in [5, 5.41) is 57.1. The van der Waals surface area contributed by atoms with Crippen molar-refractivity contribution in [1.29, 1.82) is 0 Å². The molecule has 13 heteroatoms. The molecule has 2 aliphatic heterocycles. The standard InChI is InChI=1S/C9H18O5S.C8H16O5S2.CH4/c1-2-3-13-9-8(12)7(11)6(10)5(4-15)14-9;9-5-4(3-15)13-8(12-1-2-14)7(11)6(5)10;/h5-12,15H,2-4H2,1H3;4-11,14-15H,1-3H2;1H4/t5?,6-,7-,8?,9-;4?,5-,6-,7?,8+;/m00./s1. The van der Waals surface area contributed by atoms with Crippen molar-refractivity contribution in [3.05, 3.63) is 0 Å². The third-order valence-electron chi connectivity index (χ3n) is 4.56. The highest BCUT2D eigenvalue weighted by Gasteiger charge is 2.44. The zero-order valence-corrected chi connectivity index (χ0v) is 19.4. The van der Waals surface area contributed by atoms with Crippen molar-refractivity contribution in [2.75, 3.05) is 30.5 Å². The Morgan fingerprint density at radius 3 is 1.35 bits per heavy atom. The predicted molar refractivity (Wildman–Crippen MR) is 124 cm³/mol. The lowest BCUT2D eigenvalue weighted by atomic mass is 10.00. The van der Waals surface area contributed by atoms with Crippen LogP contribution in [0, 0.1) is 0 Å². The molecule has 0 radical (unpaired) electrons. The number of aliphatic hydroxyl groups is 6. The van der Waals surface area contributed by atoms with Crippen LogP contribution in [0.15, 0.2) is 0 Å². The first-order valence-corrected chi connectivity index (χ1v) is 11.6. The van der Waals surface area contributed by atoms with Gasteiger partial charge in [0.15, 0.2) is 12.6 Å². The normalized spacial score (nSPS) is 40.5. The van der Waals surface area contributed by atoms with Gasteiger partial charge in [0.05, 0.1) is 18.8 Å². The number of ether oxygens (including phenoxy) is 4. The van der Waals surface area contributed by atoms with E-state index in [0.717, 1.165) is 6.42 Å². The van der Waals surface area contributed by atoms with E-state index in [2.05, 4.69) is 37.9 Å². The van der Waals surface area contributed by atoms with Crippen LogP contribution >= 0.6 is 37.9 Å². The molecule has 0 spiro atoms. The Kier molecular flexibility index (Phi) is 16.6. The van der Waals surface area contributed by atoms with E-state index in [1.54, 1.807) is 0 Å². The van der Waals surface area contributed by atoms with Gasteiger partial charge < -0.3 is 49.6 Å².